The quantitative estimate of drug-likeness (QED) is 0.326. The van der Waals surface area contributed by atoms with Crippen molar-refractivity contribution in [2.45, 2.75) is 22.8 Å². The van der Waals surface area contributed by atoms with E-state index in [1.54, 1.807) is 0 Å². The lowest BCUT2D eigenvalue weighted by Crippen LogP contribution is -2.06. The number of benzene rings is 2. The maximum absolute atomic E-state index is 12.9. The van der Waals surface area contributed by atoms with Crippen LogP contribution < -0.4 is 0 Å². The molecule has 2 aromatic carbocycles. The van der Waals surface area contributed by atoms with Gasteiger partial charge in [0.2, 0.25) is 0 Å². The van der Waals surface area contributed by atoms with Crippen molar-refractivity contribution in [3.8, 4) is 0 Å². The molecule has 0 aliphatic heterocycles. The summed E-state index contributed by atoms with van der Waals surface area (Å²) in [6.45, 7) is 1.79. The summed E-state index contributed by atoms with van der Waals surface area (Å²) in [7, 11) is 0. The molecular formula is C18H13FN2O4S2. The molecular weight excluding hydrogens is 391 g/mol. The average molecular weight is 404 g/mol. The largest absolute Gasteiger partial charge is 0.457 e. The summed E-state index contributed by atoms with van der Waals surface area (Å²) in [5.74, 6) is -1.08. The molecule has 0 amide bonds. The third-order valence-electron chi connectivity index (χ3n) is 3.47. The maximum atomic E-state index is 12.9. The van der Waals surface area contributed by atoms with Gasteiger partial charge in [0.25, 0.3) is 5.69 Å². The Morgan fingerprint density at radius 3 is 2.67 bits per heavy atom. The van der Waals surface area contributed by atoms with Gasteiger partial charge in [-0.25, -0.2) is 14.2 Å². The van der Waals surface area contributed by atoms with Crippen molar-refractivity contribution in [2.75, 3.05) is 0 Å². The standard InChI is InChI=1S/C18H13FN2O4S2/c1-11-10-26-18(20-11)27-16-7-4-13(8-15(16)21(23)24)17(22)25-9-12-2-5-14(19)6-3-12/h2-8,10H,9H2,1H3. The molecule has 0 spiro atoms. The van der Waals surface area contributed by atoms with Gasteiger partial charge in [-0.1, -0.05) is 23.9 Å². The molecule has 0 aliphatic rings. The number of nitro benzene ring substituents is 1. The second-order valence-corrected chi connectivity index (χ2v) is 7.65. The van der Waals surface area contributed by atoms with Gasteiger partial charge in [-0.2, -0.15) is 0 Å². The van der Waals surface area contributed by atoms with Crippen molar-refractivity contribution in [1.29, 1.82) is 0 Å². The van der Waals surface area contributed by atoms with Gasteiger partial charge in [0.15, 0.2) is 4.34 Å². The number of esters is 1. The summed E-state index contributed by atoms with van der Waals surface area (Å²) < 4.78 is 18.7. The molecule has 3 aromatic rings. The second kappa shape index (κ2) is 8.28. The first-order valence-electron chi connectivity index (χ1n) is 7.72. The number of ether oxygens (including phenoxy) is 1. The minimum Gasteiger partial charge on any atom is -0.457 e. The number of carbonyl (C=O) groups excluding carboxylic acids is 1. The molecule has 0 fully saturated rings. The normalized spacial score (nSPS) is 10.6. The summed E-state index contributed by atoms with van der Waals surface area (Å²) in [5, 5.41) is 13.2. The number of aromatic nitrogens is 1. The number of nitrogens with zero attached hydrogens (tertiary/aromatic N) is 2. The van der Waals surface area contributed by atoms with Gasteiger partial charge in [0.05, 0.1) is 15.4 Å². The highest BCUT2D eigenvalue weighted by Gasteiger charge is 2.20. The lowest BCUT2D eigenvalue weighted by Gasteiger charge is -2.06. The Hall–Kier alpha value is -2.78. The number of hydrogen-bond donors (Lipinski definition) is 0. The monoisotopic (exact) mass is 404 g/mol. The van der Waals surface area contributed by atoms with Crippen LogP contribution >= 0.6 is 23.1 Å². The van der Waals surface area contributed by atoms with Gasteiger partial charge in [0, 0.05) is 17.1 Å². The molecule has 138 valence electrons. The Morgan fingerprint density at radius 1 is 1.30 bits per heavy atom. The van der Waals surface area contributed by atoms with Crippen LogP contribution in [-0.4, -0.2) is 15.9 Å². The van der Waals surface area contributed by atoms with E-state index in [4.69, 9.17) is 4.74 Å². The summed E-state index contributed by atoms with van der Waals surface area (Å²) in [6.07, 6.45) is 0. The summed E-state index contributed by atoms with van der Waals surface area (Å²) >= 11 is 2.57. The zero-order valence-corrected chi connectivity index (χ0v) is 15.7. The predicted octanol–water partition coefficient (Wildman–Crippen LogP) is 5.01. The molecule has 0 bridgehead atoms. The number of nitro groups is 1. The summed E-state index contributed by atoms with van der Waals surface area (Å²) in [5.41, 5.74) is 1.34. The number of aryl methyl sites for hydroxylation is 1. The Balaban J connectivity index is 1.75. The van der Waals surface area contributed by atoms with Gasteiger partial charge in [-0.15, -0.1) is 11.3 Å². The molecule has 6 nitrogen and oxygen atoms in total. The van der Waals surface area contributed by atoms with Gasteiger partial charge in [-0.3, -0.25) is 10.1 Å². The van der Waals surface area contributed by atoms with E-state index in [0.717, 1.165) is 5.69 Å². The van der Waals surface area contributed by atoms with Crippen LogP contribution in [0.2, 0.25) is 0 Å². The molecule has 27 heavy (non-hydrogen) atoms. The van der Waals surface area contributed by atoms with Crippen LogP contribution in [0.1, 0.15) is 21.6 Å². The lowest BCUT2D eigenvalue weighted by atomic mass is 10.2. The van der Waals surface area contributed by atoms with E-state index in [0.29, 0.717) is 14.8 Å². The lowest BCUT2D eigenvalue weighted by molar-refractivity contribution is -0.387. The van der Waals surface area contributed by atoms with Crippen LogP contribution in [-0.2, 0) is 11.3 Å². The molecule has 0 N–H and O–H groups in total. The van der Waals surface area contributed by atoms with Gasteiger partial charge < -0.3 is 4.74 Å². The van der Waals surface area contributed by atoms with Crippen LogP contribution in [0.5, 0.6) is 0 Å². The molecule has 9 heteroatoms. The summed E-state index contributed by atoms with van der Waals surface area (Å²) in [4.78, 5) is 27.7. The van der Waals surface area contributed by atoms with Crippen LogP contribution in [0.25, 0.3) is 0 Å². The molecule has 0 radical (unpaired) electrons. The number of rotatable bonds is 6. The smallest absolute Gasteiger partial charge is 0.338 e. The van der Waals surface area contributed by atoms with Crippen molar-refractivity contribution in [3.05, 3.63) is 80.6 Å². The van der Waals surface area contributed by atoms with Crippen molar-refractivity contribution in [2.24, 2.45) is 0 Å². The van der Waals surface area contributed by atoms with E-state index in [9.17, 15) is 19.3 Å². The summed E-state index contributed by atoms with van der Waals surface area (Å²) in [6, 6.07) is 9.70. The average Bonchev–Trinajstić information content (AvgIpc) is 3.06. The van der Waals surface area contributed by atoms with E-state index in [1.165, 1.54) is 65.6 Å². The highest BCUT2D eigenvalue weighted by Crippen LogP contribution is 2.36. The van der Waals surface area contributed by atoms with Crippen molar-refractivity contribution in [3.63, 3.8) is 0 Å². The topological polar surface area (TPSA) is 82.3 Å². The number of thiazole rings is 1. The fourth-order valence-electron chi connectivity index (χ4n) is 2.16. The van der Waals surface area contributed by atoms with E-state index < -0.39 is 10.9 Å². The van der Waals surface area contributed by atoms with Crippen molar-refractivity contribution in [1.82, 2.24) is 4.98 Å². The molecule has 1 heterocycles. The van der Waals surface area contributed by atoms with Crippen molar-refractivity contribution < 1.29 is 18.8 Å². The van der Waals surface area contributed by atoms with E-state index >= 15 is 0 Å². The first-order chi connectivity index (χ1) is 12.9. The second-order valence-electron chi connectivity index (χ2n) is 5.50. The molecule has 0 saturated carbocycles. The fourth-order valence-corrected chi connectivity index (χ4v) is 4.04. The van der Waals surface area contributed by atoms with Gasteiger partial charge >= 0.3 is 5.97 Å². The first-order valence-corrected chi connectivity index (χ1v) is 9.42. The zero-order valence-electron chi connectivity index (χ0n) is 14.0. The van der Waals surface area contributed by atoms with Gasteiger partial charge in [0.1, 0.15) is 12.4 Å². The van der Waals surface area contributed by atoms with Crippen LogP contribution in [0, 0.1) is 22.9 Å². The van der Waals surface area contributed by atoms with E-state index in [1.807, 2.05) is 12.3 Å². The van der Waals surface area contributed by atoms with Crippen LogP contribution in [0.15, 0.2) is 57.1 Å². The fraction of sp³-hybridized carbons (Fsp3) is 0.111. The molecule has 0 aliphatic carbocycles. The minimum absolute atomic E-state index is 0.0538. The first kappa shape index (κ1) is 19.0. The Morgan fingerprint density at radius 2 is 2.04 bits per heavy atom. The third-order valence-corrected chi connectivity index (χ3v) is 5.59. The Bertz CT molecular complexity index is 989. The van der Waals surface area contributed by atoms with Crippen LogP contribution in [0.4, 0.5) is 10.1 Å². The highest BCUT2D eigenvalue weighted by atomic mass is 32.2. The highest BCUT2D eigenvalue weighted by molar-refractivity contribution is 8.01. The van der Waals surface area contributed by atoms with E-state index in [2.05, 4.69) is 4.98 Å². The van der Waals surface area contributed by atoms with Gasteiger partial charge in [-0.05, 0) is 36.8 Å². The molecule has 3 rings (SSSR count). The maximum Gasteiger partial charge on any atom is 0.338 e. The molecule has 0 unspecified atom stereocenters. The van der Waals surface area contributed by atoms with Crippen LogP contribution in [0.3, 0.4) is 0 Å². The Kier molecular flexibility index (Phi) is 5.82. The molecule has 0 atom stereocenters. The molecule has 0 saturated heterocycles. The minimum atomic E-state index is -0.691. The zero-order chi connectivity index (χ0) is 19.4. The van der Waals surface area contributed by atoms with Crippen molar-refractivity contribution >= 4 is 34.8 Å². The number of carbonyl (C=O) groups is 1. The molecule has 1 aromatic heterocycles. The number of halogens is 1. The SMILES string of the molecule is Cc1csc(Sc2ccc(C(=O)OCc3ccc(F)cc3)cc2[N+](=O)[O-])n1. The third kappa shape index (κ3) is 4.89. The predicted molar refractivity (Wildman–Crippen MR) is 99.6 cm³/mol. The number of hydrogen-bond acceptors (Lipinski definition) is 7. The van der Waals surface area contributed by atoms with E-state index in [-0.39, 0.29) is 23.7 Å². The Labute approximate surface area is 162 Å².